The predicted molar refractivity (Wildman–Crippen MR) is 82.8 cm³/mol. The van der Waals surface area contributed by atoms with Gasteiger partial charge in [0.15, 0.2) is 9.84 Å². The fourth-order valence-corrected chi connectivity index (χ4v) is 5.40. The molecular weight excluding hydrogens is 286 g/mol. The number of imidazole rings is 1. The van der Waals surface area contributed by atoms with Crippen LogP contribution in [0.1, 0.15) is 43.6 Å². The van der Waals surface area contributed by atoms with Crippen molar-refractivity contribution in [3.8, 4) is 0 Å². The maximum Gasteiger partial charge on any atom is 0.151 e. The Kier molecular flexibility index (Phi) is 4.36. The zero-order valence-corrected chi connectivity index (χ0v) is 13.5. The van der Waals surface area contributed by atoms with Crippen molar-refractivity contribution in [3.63, 3.8) is 0 Å². The molecule has 0 unspecified atom stereocenters. The van der Waals surface area contributed by atoms with Crippen LogP contribution in [0.15, 0.2) is 6.20 Å². The largest absolute Gasteiger partial charge is 0.345 e. The zero-order chi connectivity index (χ0) is 14.9. The van der Waals surface area contributed by atoms with Gasteiger partial charge in [-0.3, -0.25) is 4.90 Å². The van der Waals surface area contributed by atoms with Crippen LogP contribution in [0.3, 0.4) is 0 Å². The lowest BCUT2D eigenvalue weighted by Gasteiger charge is -2.22. The fourth-order valence-electron chi connectivity index (χ4n) is 3.60. The highest BCUT2D eigenvalue weighted by Gasteiger charge is 2.30. The van der Waals surface area contributed by atoms with E-state index in [0.29, 0.717) is 11.5 Å². The van der Waals surface area contributed by atoms with Gasteiger partial charge in [-0.15, -0.1) is 0 Å². The van der Waals surface area contributed by atoms with Crippen molar-refractivity contribution in [2.75, 3.05) is 18.6 Å². The summed E-state index contributed by atoms with van der Waals surface area (Å²) in [6.07, 6.45) is 9.09. The highest BCUT2D eigenvalue weighted by atomic mass is 32.2. The van der Waals surface area contributed by atoms with Crippen molar-refractivity contribution in [2.45, 2.75) is 51.1 Å². The first kappa shape index (κ1) is 15.0. The second-order valence-electron chi connectivity index (χ2n) is 6.68. The third-order valence-electron chi connectivity index (χ3n) is 4.89. The summed E-state index contributed by atoms with van der Waals surface area (Å²) >= 11 is 0. The molecule has 6 heteroatoms. The molecule has 1 aliphatic heterocycles. The molecule has 0 aromatic carbocycles. The van der Waals surface area contributed by atoms with Crippen molar-refractivity contribution in [1.82, 2.24) is 14.9 Å². The Morgan fingerprint density at radius 3 is 2.76 bits per heavy atom. The normalized spacial score (nSPS) is 25.9. The first-order valence-corrected chi connectivity index (χ1v) is 9.77. The molecule has 0 amide bonds. The van der Waals surface area contributed by atoms with E-state index in [-0.39, 0.29) is 6.04 Å². The summed E-state index contributed by atoms with van der Waals surface area (Å²) in [5.41, 5.74) is 1.09. The van der Waals surface area contributed by atoms with Crippen LogP contribution in [0.4, 0.5) is 0 Å². The monoisotopic (exact) mass is 311 g/mol. The number of nitrogens with zero attached hydrogens (tertiary/aromatic N) is 2. The summed E-state index contributed by atoms with van der Waals surface area (Å²) in [5.74, 6) is 2.51. The fraction of sp³-hybridized carbons (Fsp3) is 0.800. The van der Waals surface area contributed by atoms with E-state index in [2.05, 4.69) is 14.9 Å². The minimum atomic E-state index is -2.81. The third kappa shape index (κ3) is 3.86. The molecule has 1 saturated carbocycles. The van der Waals surface area contributed by atoms with E-state index in [1.807, 2.05) is 13.2 Å². The number of hydrogen-bond acceptors (Lipinski definition) is 4. The quantitative estimate of drug-likeness (QED) is 0.900. The van der Waals surface area contributed by atoms with Gasteiger partial charge >= 0.3 is 0 Å². The molecule has 21 heavy (non-hydrogen) atoms. The maximum absolute atomic E-state index is 11.5. The zero-order valence-electron chi connectivity index (χ0n) is 12.7. The lowest BCUT2D eigenvalue weighted by molar-refractivity contribution is 0.251. The molecule has 2 aliphatic rings. The Morgan fingerprint density at radius 2 is 2.10 bits per heavy atom. The summed E-state index contributed by atoms with van der Waals surface area (Å²) in [5, 5.41) is 0. The molecule has 1 aromatic heterocycles. The third-order valence-corrected chi connectivity index (χ3v) is 6.64. The molecule has 0 bridgehead atoms. The van der Waals surface area contributed by atoms with Gasteiger partial charge in [0.2, 0.25) is 0 Å². The smallest absolute Gasteiger partial charge is 0.151 e. The molecule has 1 saturated heterocycles. The van der Waals surface area contributed by atoms with Gasteiger partial charge in [0.05, 0.1) is 11.5 Å². The highest BCUT2D eigenvalue weighted by molar-refractivity contribution is 7.91. The Labute approximate surface area is 127 Å². The number of rotatable bonds is 5. The van der Waals surface area contributed by atoms with E-state index < -0.39 is 9.84 Å². The van der Waals surface area contributed by atoms with Gasteiger partial charge < -0.3 is 4.98 Å². The first-order valence-electron chi connectivity index (χ1n) is 7.95. The number of nitrogens with one attached hydrogen (secondary N) is 1. The van der Waals surface area contributed by atoms with Gasteiger partial charge in [0, 0.05) is 30.9 Å². The van der Waals surface area contributed by atoms with Gasteiger partial charge in [0.1, 0.15) is 5.82 Å². The minimum absolute atomic E-state index is 0.150. The number of sulfone groups is 1. The maximum atomic E-state index is 11.5. The van der Waals surface area contributed by atoms with Crippen LogP contribution in [-0.2, 0) is 22.8 Å². The van der Waals surface area contributed by atoms with Gasteiger partial charge in [-0.1, -0.05) is 25.7 Å². The average molecular weight is 311 g/mol. The number of hydrogen-bond donors (Lipinski definition) is 1. The Balaban J connectivity index is 1.54. The molecular formula is C15H25N3O2S. The van der Waals surface area contributed by atoms with E-state index in [0.717, 1.165) is 36.8 Å². The topological polar surface area (TPSA) is 66.1 Å². The van der Waals surface area contributed by atoms with Crippen LogP contribution in [-0.4, -0.2) is 47.9 Å². The first-order chi connectivity index (χ1) is 10.0. The van der Waals surface area contributed by atoms with E-state index in [1.165, 1.54) is 25.7 Å². The Bertz CT molecular complexity index is 575. The van der Waals surface area contributed by atoms with Crippen LogP contribution in [0, 0.1) is 5.92 Å². The molecule has 1 aliphatic carbocycles. The Morgan fingerprint density at radius 1 is 1.33 bits per heavy atom. The van der Waals surface area contributed by atoms with Gasteiger partial charge in [-0.05, 0) is 19.4 Å². The standard InChI is InChI=1S/C15H25N3O2S/c1-18(14-6-7-21(19,20)11-14)10-13-9-16-15(17-13)8-12-4-2-3-5-12/h9,12,14H,2-8,10-11H2,1H3,(H,16,17)/t14-/m0/s1. The summed E-state index contributed by atoms with van der Waals surface area (Å²) in [7, 11) is -0.808. The molecule has 2 fully saturated rings. The van der Waals surface area contributed by atoms with Crippen LogP contribution in [0.5, 0.6) is 0 Å². The van der Waals surface area contributed by atoms with Gasteiger partial charge in [-0.25, -0.2) is 13.4 Å². The second kappa shape index (κ2) is 6.08. The van der Waals surface area contributed by atoms with Crippen molar-refractivity contribution in [1.29, 1.82) is 0 Å². The van der Waals surface area contributed by atoms with Crippen molar-refractivity contribution in [2.24, 2.45) is 5.92 Å². The van der Waals surface area contributed by atoms with Crippen molar-refractivity contribution < 1.29 is 8.42 Å². The lowest BCUT2D eigenvalue weighted by Crippen LogP contribution is -2.32. The van der Waals surface area contributed by atoms with E-state index in [9.17, 15) is 8.42 Å². The number of H-pyrrole nitrogens is 1. The number of aromatic nitrogens is 2. The summed E-state index contributed by atoms with van der Waals surface area (Å²) in [6.45, 7) is 0.748. The van der Waals surface area contributed by atoms with Gasteiger partial charge in [0.25, 0.3) is 0 Å². The number of aromatic amines is 1. The molecule has 0 radical (unpaired) electrons. The SMILES string of the molecule is CN(Cc1cnc(CC2CCCC2)[nH]1)[C@H]1CCS(=O)(=O)C1. The molecule has 2 heterocycles. The van der Waals surface area contributed by atoms with Crippen LogP contribution >= 0.6 is 0 Å². The summed E-state index contributed by atoms with van der Waals surface area (Å²) < 4.78 is 23.1. The Hall–Kier alpha value is -0.880. The molecule has 3 rings (SSSR count). The molecule has 5 nitrogen and oxygen atoms in total. The molecule has 1 N–H and O–H groups in total. The molecule has 1 aromatic rings. The van der Waals surface area contributed by atoms with E-state index in [1.54, 1.807) is 0 Å². The minimum Gasteiger partial charge on any atom is -0.345 e. The lowest BCUT2D eigenvalue weighted by atomic mass is 10.0. The highest BCUT2D eigenvalue weighted by Crippen LogP contribution is 2.27. The average Bonchev–Trinajstić information content (AvgIpc) is 3.12. The van der Waals surface area contributed by atoms with Crippen molar-refractivity contribution in [3.05, 3.63) is 17.7 Å². The second-order valence-corrected chi connectivity index (χ2v) is 8.91. The summed E-state index contributed by atoms with van der Waals surface area (Å²) in [6, 6.07) is 0.150. The molecule has 1 atom stereocenters. The van der Waals surface area contributed by atoms with Gasteiger partial charge in [-0.2, -0.15) is 0 Å². The van der Waals surface area contributed by atoms with Crippen molar-refractivity contribution >= 4 is 9.84 Å². The summed E-state index contributed by atoms with van der Waals surface area (Å²) in [4.78, 5) is 10.0. The van der Waals surface area contributed by atoms with E-state index >= 15 is 0 Å². The molecule has 118 valence electrons. The van der Waals surface area contributed by atoms with Crippen LogP contribution in [0.25, 0.3) is 0 Å². The van der Waals surface area contributed by atoms with E-state index in [4.69, 9.17) is 0 Å². The van der Waals surface area contributed by atoms with Crippen LogP contribution < -0.4 is 0 Å². The molecule has 0 spiro atoms. The predicted octanol–water partition coefficient (Wildman–Crippen LogP) is 1.76. The van der Waals surface area contributed by atoms with Crippen LogP contribution in [0.2, 0.25) is 0 Å².